The Morgan fingerprint density at radius 3 is 1.11 bits per heavy atom. The van der Waals surface area contributed by atoms with E-state index in [1.54, 1.807) is 0 Å². The van der Waals surface area contributed by atoms with Crippen LogP contribution in [0.1, 0.15) is 78.0 Å². The van der Waals surface area contributed by atoms with Gasteiger partial charge in [-0.2, -0.15) is 0 Å². The van der Waals surface area contributed by atoms with E-state index in [9.17, 15) is 0 Å². The van der Waals surface area contributed by atoms with Crippen LogP contribution in [0.3, 0.4) is 0 Å². The van der Waals surface area contributed by atoms with Gasteiger partial charge in [-0.15, -0.1) is 0 Å². The van der Waals surface area contributed by atoms with Crippen LogP contribution in [0.15, 0.2) is 297 Å². The molecule has 0 spiro atoms. The number of benzene rings is 13. The van der Waals surface area contributed by atoms with Crippen molar-refractivity contribution >= 4 is 79.0 Å². The van der Waals surface area contributed by atoms with Crippen molar-refractivity contribution in [3.8, 4) is 72.4 Å². The summed E-state index contributed by atoms with van der Waals surface area (Å²) in [4.78, 5) is 5.37. The minimum absolute atomic E-state index is 0.0823. The lowest BCUT2D eigenvalue weighted by atomic mass is 9.33. The van der Waals surface area contributed by atoms with Crippen LogP contribution in [0, 0.1) is 0 Å². The first-order valence-electron chi connectivity index (χ1n) is 33.0. The fraction of sp³-hybridized carbons (Fsp3) is 0.124. The third-order valence-electron chi connectivity index (χ3n) is 19.6. The molecule has 4 heteroatoms. The Bertz CT molecular complexity index is 4980. The van der Waals surface area contributed by atoms with Crippen LogP contribution in [0.2, 0.25) is 0 Å². The van der Waals surface area contributed by atoms with E-state index in [4.69, 9.17) is 0 Å². The van der Waals surface area contributed by atoms with E-state index in [0.29, 0.717) is 5.92 Å². The summed E-state index contributed by atoms with van der Waals surface area (Å²) in [5, 5.41) is 2.44. The van der Waals surface area contributed by atoms with Gasteiger partial charge in [0.1, 0.15) is 0 Å². The highest BCUT2D eigenvalue weighted by atomic mass is 15.2. The molecule has 0 saturated heterocycles. The molecule has 0 fully saturated rings. The standard InChI is InChI=1S/C89H74BN3/c1-58(2)69-37-21-22-38-70(69)64-48-50-82-78(54-64)90-77-53-63(65-51-66(88(3,4)5)55-67(52-65)89(6,7)8)47-49-81(77)92(86-71(59-29-13-9-14-30-59)41-27-42-72(86)60-31-15-10-16-32-60)83-56-68(91-79-45-25-23-39-75(79)76-40-24-26-46-80(76)91)57-84(85(83)90)93(82)87-73(61-33-17-11-18-34-61)43-28-44-74(87)62-35-19-12-20-36-62/h9-58H,1-8H3. The smallest absolute Gasteiger partial charge is 0.252 e. The number of fused-ring (bicyclic) bond motifs is 7. The zero-order valence-electron chi connectivity index (χ0n) is 54.3. The molecule has 0 unspecified atom stereocenters. The predicted octanol–water partition coefficient (Wildman–Crippen LogP) is 22.6. The lowest BCUT2D eigenvalue weighted by Gasteiger charge is -2.46. The average molecular weight is 1200 g/mol. The van der Waals surface area contributed by atoms with E-state index in [2.05, 4.69) is 367 Å². The van der Waals surface area contributed by atoms with E-state index in [-0.39, 0.29) is 17.5 Å². The molecule has 0 radical (unpaired) electrons. The van der Waals surface area contributed by atoms with E-state index in [1.807, 2.05) is 0 Å². The zero-order chi connectivity index (χ0) is 63.3. The van der Waals surface area contributed by atoms with Gasteiger partial charge in [0.25, 0.3) is 6.71 Å². The number of hydrogen-bond donors (Lipinski definition) is 0. The summed E-state index contributed by atoms with van der Waals surface area (Å²) in [6, 6.07) is 113. The van der Waals surface area contributed by atoms with Crippen molar-refractivity contribution in [2.24, 2.45) is 0 Å². The van der Waals surface area contributed by atoms with Gasteiger partial charge in [0, 0.05) is 55.8 Å². The summed E-state index contributed by atoms with van der Waals surface area (Å²) in [6.07, 6.45) is 0. The molecule has 0 atom stereocenters. The van der Waals surface area contributed by atoms with Crippen molar-refractivity contribution < 1.29 is 0 Å². The molecule has 3 heterocycles. The molecule has 16 rings (SSSR count). The summed E-state index contributed by atoms with van der Waals surface area (Å²) in [5.41, 5.74) is 31.8. The van der Waals surface area contributed by atoms with Gasteiger partial charge in [0.15, 0.2) is 0 Å². The molecule has 0 bridgehead atoms. The fourth-order valence-corrected chi connectivity index (χ4v) is 15.0. The molecule has 13 aromatic carbocycles. The minimum atomic E-state index is -0.244. The molecule has 0 amide bonds. The maximum absolute atomic E-state index is 2.69. The minimum Gasteiger partial charge on any atom is -0.310 e. The molecular weight excluding hydrogens is 1120 g/mol. The van der Waals surface area contributed by atoms with Gasteiger partial charge in [0.2, 0.25) is 0 Å². The molecule has 448 valence electrons. The normalized spacial score (nSPS) is 12.8. The molecule has 0 N–H and O–H groups in total. The van der Waals surface area contributed by atoms with Gasteiger partial charge in [-0.25, -0.2) is 0 Å². The van der Waals surface area contributed by atoms with Crippen molar-refractivity contribution in [1.29, 1.82) is 0 Å². The predicted molar refractivity (Wildman–Crippen MR) is 399 cm³/mol. The summed E-state index contributed by atoms with van der Waals surface area (Å²) in [7, 11) is 0. The highest BCUT2D eigenvalue weighted by molar-refractivity contribution is 7.00. The molecule has 0 saturated carbocycles. The first-order valence-corrected chi connectivity index (χ1v) is 33.0. The van der Waals surface area contributed by atoms with Gasteiger partial charge in [0.05, 0.1) is 28.1 Å². The summed E-state index contributed by atoms with van der Waals surface area (Å²) in [6.45, 7) is 18.5. The van der Waals surface area contributed by atoms with Crippen LogP contribution >= 0.6 is 0 Å². The van der Waals surface area contributed by atoms with Crippen molar-refractivity contribution in [1.82, 2.24) is 4.57 Å². The summed E-state index contributed by atoms with van der Waals surface area (Å²) >= 11 is 0. The molecule has 1 aromatic heterocycles. The first kappa shape index (κ1) is 57.5. The second-order valence-corrected chi connectivity index (χ2v) is 27.8. The molecule has 2 aliphatic rings. The lowest BCUT2D eigenvalue weighted by molar-refractivity contribution is 0.569. The number of rotatable bonds is 10. The van der Waals surface area contributed by atoms with Crippen molar-refractivity contribution in [2.75, 3.05) is 9.80 Å². The Labute approximate surface area is 548 Å². The highest BCUT2D eigenvalue weighted by Gasteiger charge is 2.46. The Kier molecular flexibility index (Phi) is 14.0. The molecule has 0 aliphatic carbocycles. The number of nitrogens with zero attached hydrogens (tertiary/aromatic N) is 3. The van der Waals surface area contributed by atoms with Gasteiger partial charge in [-0.05, 0) is 131 Å². The molecule has 93 heavy (non-hydrogen) atoms. The average Bonchev–Trinajstić information content (AvgIpc) is 0.999. The first-order chi connectivity index (χ1) is 45.3. The molecule has 14 aromatic rings. The number of anilines is 6. The Hall–Kier alpha value is -10.7. The second-order valence-electron chi connectivity index (χ2n) is 27.8. The number of aromatic nitrogens is 1. The quantitative estimate of drug-likeness (QED) is 0.126. The van der Waals surface area contributed by atoms with Crippen molar-refractivity contribution in [2.45, 2.75) is 72.1 Å². The van der Waals surface area contributed by atoms with Crippen LogP contribution in [0.4, 0.5) is 34.1 Å². The Morgan fingerprint density at radius 1 is 0.301 bits per heavy atom. The topological polar surface area (TPSA) is 11.4 Å². The Morgan fingerprint density at radius 2 is 0.677 bits per heavy atom. The van der Waals surface area contributed by atoms with E-state index >= 15 is 0 Å². The molecule has 3 nitrogen and oxygen atoms in total. The van der Waals surface area contributed by atoms with Crippen LogP contribution < -0.4 is 26.2 Å². The van der Waals surface area contributed by atoms with E-state index in [1.165, 1.54) is 66.1 Å². The van der Waals surface area contributed by atoms with Gasteiger partial charge < -0.3 is 14.4 Å². The summed E-state index contributed by atoms with van der Waals surface area (Å²) in [5.74, 6) is 0.309. The van der Waals surface area contributed by atoms with Gasteiger partial charge in [-0.1, -0.05) is 316 Å². The third kappa shape index (κ3) is 9.82. The van der Waals surface area contributed by atoms with E-state index < -0.39 is 0 Å². The number of para-hydroxylation sites is 4. The van der Waals surface area contributed by atoms with Crippen molar-refractivity contribution in [3.05, 3.63) is 314 Å². The monoisotopic (exact) mass is 1200 g/mol. The Balaban J connectivity index is 1.12. The fourth-order valence-electron chi connectivity index (χ4n) is 15.0. The SMILES string of the molecule is CC(C)c1ccccc1-c1ccc2c(c1)B1c3cc(-c4cc(C(C)(C)C)cc(C(C)(C)C)c4)ccc3N(c3c(-c4ccccc4)cccc3-c3ccccc3)c3cc(-n4c5ccccc5c5ccccc54)cc(c31)N2c1c(-c2ccccc2)cccc1-c1ccccc1. The van der Waals surface area contributed by atoms with Gasteiger partial charge in [-0.3, -0.25) is 0 Å². The van der Waals surface area contributed by atoms with E-state index in [0.717, 1.165) is 95.4 Å². The van der Waals surface area contributed by atoms with Crippen LogP contribution in [-0.4, -0.2) is 11.3 Å². The third-order valence-corrected chi connectivity index (χ3v) is 19.6. The maximum atomic E-state index is 2.69. The largest absolute Gasteiger partial charge is 0.310 e. The van der Waals surface area contributed by atoms with Crippen LogP contribution in [0.5, 0.6) is 0 Å². The maximum Gasteiger partial charge on any atom is 0.252 e. The number of hydrogen-bond acceptors (Lipinski definition) is 2. The lowest BCUT2D eigenvalue weighted by Crippen LogP contribution is -2.61. The van der Waals surface area contributed by atoms with Gasteiger partial charge >= 0.3 is 0 Å². The van der Waals surface area contributed by atoms with Crippen LogP contribution in [-0.2, 0) is 10.8 Å². The molecular formula is C89H74BN3. The van der Waals surface area contributed by atoms with Crippen LogP contribution in [0.25, 0.3) is 94.3 Å². The second kappa shape index (κ2) is 22.6. The zero-order valence-corrected chi connectivity index (χ0v) is 54.3. The highest BCUT2D eigenvalue weighted by Crippen LogP contribution is 2.54. The summed E-state index contributed by atoms with van der Waals surface area (Å²) < 4.78 is 2.53. The van der Waals surface area contributed by atoms with Crippen molar-refractivity contribution in [3.63, 3.8) is 0 Å². The molecule has 2 aliphatic heterocycles.